The number of nitrogens with one attached hydrogen (secondary N) is 2. The van der Waals surface area contributed by atoms with Crippen LogP contribution >= 0.6 is 0 Å². The zero-order valence-corrected chi connectivity index (χ0v) is 19.4. The van der Waals surface area contributed by atoms with Crippen molar-refractivity contribution in [3.8, 4) is 5.75 Å². The van der Waals surface area contributed by atoms with Crippen molar-refractivity contribution in [2.45, 2.75) is 42.2 Å². The summed E-state index contributed by atoms with van der Waals surface area (Å²) in [6, 6.07) is 18.5. The Morgan fingerprint density at radius 3 is 2.45 bits per heavy atom. The van der Waals surface area contributed by atoms with Crippen molar-refractivity contribution in [2.75, 3.05) is 31.0 Å². The molecule has 2 fully saturated rings. The highest BCUT2D eigenvalue weighted by Crippen LogP contribution is 2.53. The van der Waals surface area contributed by atoms with E-state index in [-0.39, 0.29) is 16.5 Å². The van der Waals surface area contributed by atoms with Gasteiger partial charge in [-0.25, -0.2) is 8.42 Å². The maximum atomic E-state index is 13.2. The molecule has 7 heteroatoms. The lowest BCUT2D eigenvalue weighted by Crippen LogP contribution is -3.23. The van der Waals surface area contributed by atoms with E-state index in [2.05, 4.69) is 4.72 Å². The normalized spacial score (nSPS) is 25.3. The molecule has 0 spiro atoms. The van der Waals surface area contributed by atoms with Crippen LogP contribution in [0.1, 0.15) is 37.2 Å². The van der Waals surface area contributed by atoms with Crippen LogP contribution in [0.2, 0.25) is 0 Å². The standard InChI is InChI=1S/C26H28N2O4S/c29-33(30,19-8-2-1-3-9-19)27-24-18-22-23-12-6-7-13-26(23,28-14-16-31-17-15-28)32-25(22)21-11-5-4-10-20(21)24/h1-5,8-11,18,23,27H,6-7,12-17H2/p+1/t23-,26+/m0/s1. The van der Waals surface area contributed by atoms with Crippen LogP contribution in [-0.4, -0.2) is 40.4 Å². The van der Waals surface area contributed by atoms with Gasteiger partial charge in [-0.1, -0.05) is 48.9 Å². The maximum Gasteiger partial charge on any atom is 0.261 e. The number of fused-ring (bicyclic) bond motifs is 5. The molecule has 3 aliphatic rings. The van der Waals surface area contributed by atoms with Crippen LogP contribution < -0.4 is 14.4 Å². The van der Waals surface area contributed by atoms with Crippen LogP contribution in [0.5, 0.6) is 5.75 Å². The summed E-state index contributed by atoms with van der Waals surface area (Å²) < 4.78 is 41.8. The van der Waals surface area contributed by atoms with E-state index in [9.17, 15) is 8.42 Å². The second-order valence-electron chi connectivity index (χ2n) is 9.31. The maximum absolute atomic E-state index is 13.2. The molecule has 2 aliphatic heterocycles. The van der Waals surface area contributed by atoms with Gasteiger partial charge in [0.25, 0.3) is 10.0 Å². The van der Waals surface area contributed by atoms with Crippen LogP contribution in [0.3, 0.4) is 0 Å². The summed E-state index contributed by atoms with van der Waals surface area (Å²) in [4.78, 5) is 1.72. The van der Waals surface area contributed by atoms with E-state index in [1.807, 2.05) is 36.4 Å². The van der Waals surface area contributed by atoms with Gasteiger partial charge in [-0.05, 0) is 31.0 Å². The molecule has 6 rings (SSSR count). The molecular formula is C26H29N2O4S+. The lowest BCUT2D eigenvalue weighted by Gasteiger charge is -2.44. The summed E-state index contributed by atoms with van der Waals surface area (Å²) in [6.07, 6.45) is 4.39. The number of rotatable bonds is 4. The summed E-state index contributed by atoms with van der Waals surface area (Å²) in [6.45, 7) is 3.39. The quantitative estimate of drug-likeness (QED) is 0.620. The Morgan fingerprint density at radius 2 is 1.67 bits per heavy atom. The van der Waals surface area contributed by atoms with E-state index in [1.54, 1.807) is 24.3 Å². The summed E-state index contributed by atoms with van der Waals surface area (Å²) in [5.41, 5.74) is 1.47. The van der Waals surface area contributed by atoms with Crippen LogP contribution in [-0.2, 0) is 14.8 Å². The van der Waals surface area contributed by atoms with Crippen molar-refractivity contribution < 1.29 is 22.8 Å². The van der Waals surface area contributed by atoms with Gasteiger partial charge in [-0.2, -0.15) is 0 Å². The van der Waals surface area contributed by atoms with Crippen molar-refractivity contribution in [3.63, 3.8) is 0 Å². The molecule has 1 saturated heterocycles. The van der Waals surface area contributed by atoms with Gasteiger partial charge >= 0.3 is 0 Å². The SMILES string of the molecule is O=S(=O)(Nc1cc2c(c3ccccc13)O[C@]1([NH+]3CCOCC3)CCCC[C@@H]21)c1ccccc1. The largest absolute Gasteiger partial charge is 0.439 e. The molecule has 2 N–H and O–H groups in total. The number of anilines is 1. The highest BCUT2D eigenvalue weighted by molar-refractivity contribution is 7.92. The summed E-state index contributed by atoms with van der Waals surface area (Å²) in [5.74, 6) is 1.18. The molecule has 3 aromatic rings. The van der Waals surface area contributed by atoms with Gasteiger partial charge in [0.05, 0.1) is 29.7 Å². The van der Waals surface area contributed by atoms with E-state index in [0.29, 0.717) is 5.69 Å². The molecule has 0 amide bonds. The monoisotopic (exact) mass is 465 g/mol. The molecule has 0 radical (unpaired) electrons. The molecular weight excluding hydrogens is 436 g/mol. The number of benzene rings is 3. The van der Waals surface area contributed by atoms with Gasteiger partial charge in [-0.15, -0.1) is 0 Å². The Morgan fingerprint density at radius 1 is 0.939 bits per heavy atom. The molecule has 3 aromatic carbocycles. The number of hydrogen-bond donors (Lipinski definition) is 2. The van der Waals surface area contributed by atoms with Gasteiger partial charge in [0.2, 0.25) is 5.72 Å². The molecule has 33 heavy (non-hydrogen) atoms. The average Bonchev–Trinajstić information content (AvgIpc) is 3.21. The Balaban J connectivity index is 1.48. The minimum absolute atomic E-state index is 0.249. The number of hydrogen-bond acceptors (Lipinski definition) is 4. The fourth-order valence-electron chi connectivity index (χ4n) is 6.02. The Hall–Kier alpha value is -2.61. The fourth-order valence-corrected chi connectivity index (χ4v) is 7.11. The zero-order chi connectivity index (χ0) is 22.5. The lowest BCUT2D eigenvalue weighted by molar-refractivity contribution is -0.982. The predicted octanol–water partition coefficient (Wildman–Crippen LogP) is 3.30. The smallest absolute Gasteiger partial charge is 0.261 e. The van der Waals surface area contributed by atoms with Crippen LogP contribution in [0.25, 0.3) is 10.8 Å². The van der Waals surface area contributed by atoms with Crippen molar-refractivity contribution in [3.05, 3.63) is 66.2 Å². The first-order valence-electron chi connectivity index (χ1n) is 11.8. The average molecular weight is 466 g/mol. The fraction of sp³-hybridized carbons (Fsp3) is 0.385. The second-order valence-corrected chi connectivity index (χ2v) is 11.0. The third-order valence-electron chi connectivity index (χ3n) is 7.53. The minimum atomic E-state index is -3.70. The first kappa shape index (κ1) is 21.0. The molecule has 2 heterocycles. The molecule has 1 saturated carbocycles. The Bertz CT molecular complexity index is 1290. The van der Waals surface area contributed by atoms with E-state index >= 15 is 0 Å². The minimum Gasteiger partial charge on any atom is -0.439 e. The molecule has 1 aliphatic carbocycles. The highest BCUT2D eigenvalue weighted by Gasteiger charge is 2.57. The second kappa shape index (κ2) is 8.01. The molecule has 0 aromatic heterocycles. The van der Waals surface area contributed by atoms with Gasteiger partial charge in [0.15, 0.2) is 0 Å². The summed E-state index contributed by atoms with van der Waals surface area (Å²) >= 11 is 0. The van der Waals surface area contributed by atoms with E-state index in [1.165, 1.54) is 4.90 Å². The van der Waals surface area contributed by atoms with Crippen molar-refractivity contribution >= 4 is 26.5 Å². The van der Waals surface area contributed by atoms with Gasteiger partial charge < -0.3 is 9.47 Å². The Labute approximate surface area is 194 Å². The summed E-state index contributed by atoms with van der Waals surface area (Å²) in [5, 5.41) is 1.84. The Kier molecular flexibility index (Phi) is 5.09. The van der Waals surface area contributed by atoms with E-state index in [4.69, 9.17) is 9.47 Å². The first-order chi connectivity index (χ1) is 16.1. The third kappa shape index (κ3) is 3.41. The first-order valence-corrected chi connectivity index (χ1v) is 13.3. The van der Waals surface area contributed by atoms with E-state index in [0.717, 1.165) is 74.1 Å². The van der Waals surface area contributed by atoms with Crippen molar-refractivity contribution in [1.29, 1.82) is 0 Å². The van der Waals surface area contributed by atoms with Crippen molar-refractivity contribution in [2.24, 2.45) is 0 Å². The van der Waals surface area contributed by atoms with Gasteiger partial charge in [-0.3, -0.25) is 9.62 Å². The molecule has 6 nitrogen and oxygen atoms in total. The number of quaternary nitrogens is 1. The number of morpholine rings is 1. The number of ether oxygens (including phenoxy) is 2. The molecule has 0 bridgehead atoms. The summed E-state index contributed by atoms with van der Waals surface area (Å²) in [7, 11) is -3.70. The molecule has 172 valence electrons. The predicted molar refractivity (Wildman–Crippen MR) is 127 cm³/mol. The van der Waals surface area contributed by atoms with Crippen LogP contribution in [0, 0.1) is 0 Å². The molecule has 0 unspecified atom stereocenters. The number of sulfonamides is 1. The zero-order valence-electron chi connectivity index (χ0n) is 18.5. The van der Waals surface area contributed by atoms with Crippen LogP contribution in [0.4, 0.5) is 5.69 Å². The highest BCUT2D eigenvalue weighted by atomic mass is 32.2. The molecule has 2 atom stereocenters. The third-order valence-corrected chi connectivity index (χ3v) is 8.91. The van der Waals surface area contributed by atoms with Gasteiger partial charge in [0.1, 0.15) is 18.8 Å². The van der Waals surface area contributed by atoms with Crippen molar-refractivity contribution in [1.82, 2.24) is 0 Å². The van der Waals surface area contributed by atoms with Gasteiger partial charge in [0, 0.05) is 22.8 Å². The topological polar surface area (TPSA) is 69.1 Å². The van der Waals surface area contributed by atoms with Crippen LogP contribution in [0.15, 0.2) is 65.6 Å². The lowest BCUT2D eigenvalue weighted by atomic mass is 9.77. The van der Waals surface area contributed by atoms with E-state index < -0.39 is 10.0 Å².